The highest BCUT2D eigenvalue weighted by molar-refractivity contribution is 6.30. The molecule has 0 unspecified atom stereocenters. The lowest BCUT2D eigenvalue weighted by Gasteiger charge is -2.16. The fourth-order valence-electron chi connectivity index (χ4n) is 0.898. The number of benzene rings is 1. The second kappa shape index (κ2) is 3.46. The summed E-state index contributed by atoms with van der Waals surface area (Å²) in [6.45, 7) is -6.00. The lowest BCUT2D eigenvalue weighted by molar-refractivity contribution is 0.0810. The molecule has 0 radical (unpaired) electrons. The Morgan fingerprint density at radius 2 is 2.00 bits per heavy atom. The van der Waals surface area contributed by atoms with Crippen LogP contribution in [0.3, 0.4) is 0 Å². The van der Waals surface area contributed by atoms with Gasteiger partial charge in [-0.2, -0.15) is 0 Å². The van der Waals surface area contributed by atoms with E-state index in [9.17, 15) is 5.11 Å². The molecular weight excluding hydrogens is 172 g/mol. The molecule has 1 nitrogen and oxygen atoms in total. The van der Waals surface area contributed by atoms with Crippen LogP contribution in [-0.4, -0.2) is 10.7 Å². The Labute approximate surface area is 86.4 Å². The zero-order valence-electron chi connectivity index (χ0n) is 12.3. The Bertz CT molecular complexity index is 394. The third-order valence-corrected chi connectivity index (χ3v) is 1.63. The molecule has 12 heavy (non-hydrogen) atoms. The summed E-state index contributed by atoms with van der Waals surface area (Å²) in [5.41, 5.74) is -2.37. The van der Waals surface area contributed by atoms with Crippen LogP contribution in [0.15, 0.2) is 24.3 Å². The zero-order valence-corrected chi connectivity index (χ0v) is 7.10. The maximum absolute atomic E-state index is 10.0. The Balaban J connectivity index is 3.12. The molecule has 0 amide bonds. The van der Waals surface area contributed by atoms with Gasteiger partial charge >= 0.3 is 0 Å². The van der Waals surface area contributed by atoms with Gasteiger partial charge in [0.1, 0.15) is 0 Å². The van der Waals surface area contributed by atoms with Crippen molar-refractivity contribution in [1.82, 2.24) is 0 Å². The predicted molar refractivity (Wildman–Crippen MR) is 51.5 cm³/mol. The molecule has 1 N–H and O–H groups in total. The van der Waals surface area contributed by atoms with Crippen LogP contribution < -0.4 is 0 Å². The highest BCUT2D eigenvalue weighted by Crippen LogP contribution is 2.15. The van der Waals surface area contributed by atoms with E-state index in [0.717, 1.165) is 0 Å². The number of hydrogen-bond acceptors (Lipinski definition) is 1. The van der Waals surface area contributed by atoms with Gasteiger partial charge in [0.05, 0.1) is 5.60 Å². The van der Waals surface area contributed by atoms with Crippen molar-refractivity contribution in [3.8, 4) is 0 Å². The topological polar surface area (TPSA) is 20.2 Å². The molecule has 0 saturated heterocycles. The van der Waals surface area contributed by atoms with Crippen LogP contribution in [0.4, 0.5) is 0 Å². The molecule has 1 rings (SSSR count). The molecule has 1 aromatic carbocycles. The summed E-state index contributed by atoms with van der Waals surface area (Å²) >= 11 is 5.68. The smallest absolute Gasteiger partial charge is 0.0631 e. The van der Waals surface area contributed by atoms with Crippen LogP contribution in [0.5, 0.6) is 0 Å². The van der Waals surface area contributed by atoms with Gasteiger partial charge < -0.3 is 5.11 Å². The van der Waals surface area contributed by atoms with E-state index in [1.807, 2.05) is 0 Å². The maximum Gasteiger partial charge on any atom is 0.0631 e. The van der Waals surface area contributed by atoms with Crippen LogP contribution in [0.2, 0.25) is 5.02 Å². The van der Waals surface area contributed by atoms with E-state index < -0.39 is 25.7 Å². The Kier molecular flexibility index (Phi) is 1.19. The minimum Gasteiger partial charge on any atom is -0.390 e. The third-order valence-electron chi connectivity index (χ3n) is 1.37. The van der Waals surface area contributed by atoms with Gasteiger partial charge in [-0.25, -0.2) is 0 Å². The number of rotatable bonds is 2. The van der Waals surface area contributed by atoms with E-state index in [-0.39, 0.29) is 0 Å². The highest BCUT2D eigenvalue weighted by Gasteiger charge is 2.12. The average Bonchev–Trinajstić information content (AvgIpc) is 2.18. The van der Waals surface area contributed by atoms with Gasteiger partial charge in [0.25, 0.3) is 0 Å². The summed E-state index contributed by atoms with van der Waals surface area (Å²) in [7, 11) is 0. The second-order valence-electron chi connectivity index (χ2n) is 2.66. The maximum atomic E-state index is 10.0. The van der Waals surface area contributed by atoms with Gasteiger partial charge in [0.2, 0.25) is 0 Å². The Hall–Kier alpha value is -0.530. The van der Waals surface area contributed by atoms with Gasteiger partial charge in [0.15, 0.2) is 0 Å². The molecule has 66 valence electrons. The van der Waals surface area contributed by atoms with Crippen molar-refractivity contribution in [1.29, 1.82) is 0 Å². The fraction of sp³-hybridized carbons (Fsp3) is 0.400. The molecule has 0 spiro atoms. The van der Waals surface area contributed by atoms with Crippen LogP contribution in [-0.2, 0) is 6.42 Å². The van der Waals surface area contributed by atoms with Crippen molar-refractivity contribution in [2.75, 3.05) is 0 Å². The molecule has 0 heterocycles. The van der Waals surface area contributed by atoms with Crippen molar-refractivity contribution in [3.63, 3.8) is 0 Å². The molecule has 0 aliphatic rings. The first-order valence-electron chi connectivity index (χ1n) is 6.44. The standard InChI is InChI=1S/C10H13ClO/c1-10(2,12)7-8-3-5-9(11)6-4-8/h3-6,12H,7H2,1-2H3/i1D3,2D3. The zero-order chi connectivity index (χ0) is 14.2. The molecule has 0 saturated carbocycles. The van der Waals surface area contributed by atoms with Crippen molar-refractivity contribution < 1.29 is 13.3 Å². The number of hydrogen-bond donors (Lipinski definition) is 1. The largest absolute Gasteiger partial charge is 0.390 e. The van der Waals surface area contributed by atoms with E-state index >= 15 is 0 Å². The summed E-state index contributed by atoms with van der Waals surface area (Å²) in [4.78, 5) is 0. The first-order valence-corrected chi connectivity index (χ1v) is 3.82. The molecular formula is C10H13ClO. The highest BCUT2D eigenvalue weighted by atomic mass is 35.5. The molecule has 0 aliphatic carbocycles. The number of aliphatic hydroxyl groups is 1. The first-order chi connectivity index (χ1) is 7.97. The van der Waals surface area contributed by atoms with E-state index in [0.29, 0.717) is 10.6 Å². The van der Waals surface area contributed by atoms with Crippen LogP contribution >= 0.6 is 11.6 Å². The third kappa shape index (κ3) is 3.24. The Morgan fingerprint density at radius 3 is 2.50 bits per heavy atom. The lowest BCUT2D eigenvalue weighted by Crippen LogP contribution is -2.21. The summed E-state index contributed by atoms with van der Waals surface area (Å²) < 4.78 is 43.4. The van der Waals surface area contributed by atoms with Gasteiger partial charge in [-0.1, -0.05) is 23.7 Å². The van der Waals surface area contributed by atoms with Gasteiger partial charge in [-0.05, 0) is 31.4 Å². The van der Waals surface area contributed by atoms with Gasteiger partial charge in [-0.3, -0.25) is 0 Å². The molecule has 0 bridgehead atoms. The molecule has 0 fully saturated rings. The normalized spacial score (nSPS) is 21.2. The molecule has 0 aliphatic heterocycles. The monoisotopic (exact) mass is 190 g/mol. The minimum atomic E-state index is -3.00. The summed E-state index contributed by atoms with van der Waals surface area (Å²) in [6, 6.07) is 6.00. The average molecular weight is 191 g/mol. The van der Waals surface area contributed by atoms with Crippen molar-refractivity contribution in [3.05, 3.63) is 34.9 Å². The van der Waals surface area contributed by atoms with E-state index in [2.05, 4.69) is 0 Å². The van der Waals surface area contributed by atoms with E-state index in [1.54, 1.807) is 0 Å². The Morgan fingerprint density at radius 1 is 1.42 bits per heavy atom. The minimum absolute atomic E-state index is 0.397. The molecule has 1 aromatic rings. The lowest BCUT2D eigenvalue weighted by atomic mass is 9.99. The first kappa shape index (κ1) is 4.12. The van der Waals surface area contributed by atoms with E-state index in [4.69, 9.17) is 19.8 Å². The van der Waals surface area contributed by atoms with Crippen molar-refractivity contribution in [2.24, 2.45) is 0 Å². The van der Waals surface area contributed by atoms with Crippen LogP contribution in [0.1, 0.15) is 27.5 Å². The summed E-state index contributed by atoms with van der Waals surface area (Å²) in [5, 5.41) is 10.5. The predicted octanol–water partition coefficient (Wildman–Crippen LogP) is 2.65. The van der Waals surface area contributed by atoms with Crippen molar-refractivity contribution in [2.45, 2.75) is 25.7 Å². The summed E-state index contributed by atoms with van der Waals surface area (Å²) in [6.07, 6.45) is -0.489. The molecule has 0 aromatic heterocycles. The summed E-state index contributed by atoms with van der Waals surface area (Å²) in [5.74, 6) is 0. The second-order valence-corrected chi connectivity index (χ2v) is 3.10. The quantitative estimate of drug-likeness (QED) is 0.761. The van der Waals surface area contributed by atoms with Crippen LogP contribution in [0.25, 0.3) is 0 Å². The number of halogens is 1. The van der Waals surface area contributed by atoms with Gasteiger partial charge in [0, 0.05) is 19.7 Å². The molecule has 2 heteroatoms. The van der Waals surface area contributed by atoms with Gasteiger partial charge in [-0.15, -0.1) is 0 Å². The van der Waals surface area contributed by atoms with E-state index in [1.165, 1.54) is 24.3 Å². The van der Waals surface area contributed by atoms with Crippen molar-refractivity contribution >= 4 is 11.6 Å². The van der Waals surface area contributed by atoms with Crippen LogP contribution in [0, 0.1) is 0 Å². The SMILES string of the molecule is [2H]C([2H])([2H])C(O)(Cc1ccc(Cl)cc1)C([2H])([2H])[2H]. The molecule has 0 atom stereocenters. The fourth-order valence-corrected chi connectivity index (χ4v) is 1.02.